The molecule has 0 atom stereocenters. The van der Waals surface area contributed by atoms with Crippen molar-refractivity contribution in [2.75, 3.05) is 0 Å². The lowest BCUT2D eigenvalue weighted by atomic mass is 9.73. The molecule has 0 amide bonds. The smallest absolute Gasteiger partial charge is 0.123 e. The Morgan fingerprint density at radius 1 is 0.708 bits per heavy atom. The van der Waals surface area contributed by atoms with Crippen LogP contribution in [-0.2, 0) is 10.8 Å². The number of rotatable bonds is 2. The molecule has 0 heterocycles. The molecule has 1 N–H and O–H groups in total. The molecule has 1 aromatic carbocycles. The second-order valence-electron chi connectivity index (χ2n) is 10.4. The molecule has 24 heavy (non-hydrogen) atoms. The third-order valence-electron chi connectivity index (χ3n) is 6.28. The molecule has 0 radical (unpaired) electrons. The Morgan fingerprint density at radius 3 is 1.42 bits per heavy atom. The van der Waals surface area contributed by atoms with E-state index >= 15 is 0 Å². The molecule has 0 aliphatic heterocycles. The monoisotopic (exact) mass is 328 g/mol. The molecule has 2 saturated carbocycles. The normalized spacial score (nSPS) is 25.8. The van der Waals surface area contributed by atoms with Gasteiger partial charge in [0.15, 0.2) is 0 Å². The summed E-state index contributed by atoms with van der Waals surface area (Å²) in [5.74, 6) is 3.26. The highest BCUT2D eigenvalue weighted by atomic mass is 16.3. The average Bonchev–Trinajstić information content (AvgIpc) is 3.30. The molecule has 3 rings (SSSR count). The molecule has 0 spiro atoms. The Balaban J connectivity index is 1.92. The lowest BCUT2D eigenvalue weighted by Gasteiger charge is -2.33. The van der Waals surface area contributed by atoms with Crippen molar-refractivity contribution in [1.29, 1.82) is 0 Å². The van der Waals surface area contributed by atoms with Crippen LogP contribution in [0.1, 0.15) is 103 Å². The van der Waals surface area contributed by atoms with Crippen molar-refractivity contribution in [1.82, 2.24) is 0 Å². The van der Waals surface area contributed by atoms with Crippen LogP contribution in [-0.4, -0.2) is 5.11 Å². The maximum absolute atomic E-state index is 10.9. The summed E-state index contributed by atoms with van der Waals surface area (Å²) in [6, 6.07) is 4.62. The second-order valence-corrected chi connectivity index (χ2v) is 10.4. The van der Waals surface area contributed by atoms with Crippen LogP contribution in [0, 0.1) is 11.8 Å². The summed E-state index contributed by atoms with van der Waals surface area (Å²) in [4.78, 5) is 0. The number of phenols is 1. The van der Waals surface area contributed by atoms with E-state index in [1.165, 1.54) is 44.1 Å². The quantitative estimate of drug-likeness (QED) is 0.642. The fourth-order valence-electron chi connectivity index (χ4n) is 4.53. The Bertz CT molecular complexity index is 552. The van der Waals surface area contributed by atoms with Gasteiger partial charge in [-0.05, 0) is 83.8 Å². The van der Waals surface area contributed by atoms with E-state index in [1.54, 1.807) is 0 Å². The first kappa shape index (κ1) is 17.8. The van der Waals surface area contributed by atoms with Gasteiger partial charge in [-0.2, -0.15) is 0 Å². The van der Waals surface area contributed by atoms with Gasteiger partial charge in [0.1, 0.15) is 5.75 Å². The van der Waals surface area contributed by atoms with Gasteiger partial charge in [-0.1, -0.05) is 53.7 Å². The van der Waals surface area contributed by atoms with E-state index in [1.807, 2.05) is 0 Å². The SMILES string of the molecule is CC(C)(C)c1cc(C2CCC(C3CC3)CC2)cc(C(C)(C)C)c1O. The zero-order valence-corrected chi connectivity index (χ0v) is 16.6. The molecule has 0 saturated heterocycles. The first-order valence-electron chi connectivity index (χ1n) is 9.95. The molecule has 0 bridgehead atoms. The third kappa shape index (κ3) is 3.65. The molecule has 0 unspecified atom stereocenters. The van der Waals surface area contributed by atoms with E-state index in [4.69, 9.17) is 0 Å². The summed E-state index contributed by atoms with van der Waals surface area (Å²) < 4.78 is 0. The zero-order valence-electron chi connectivity index (χ0n) is 16.6. The number of hydrogen-bond donors (Lipinski definition) is 1. The van der Waals surface area contributed by atoms with E-state index in [0.29, 0.717) is 11.7 Å². The topological polar surface area (TPSA) is 20.2 Å². The van der Waals surface area contributed by atoms with Gasteiger partial charge in [-0.25, -0.2) is 0 Å². The Morgan fingerprint density at radius 2 is 1.08 bits per heavy atom. The van der Waals surface area contributed by atoms with Crippen LogP contribution in [0.5, 0.6) is 5.75 Å². The molecule has 1 heteroatoms. The highest BCUT2D eigenvalue weighted by Gasteiger charge is 2.35. The summed E-state index contributed by atoms with van der Waals surface area (Å²) in [5, 5.41) is 10.9. The van der Waals surface area contributed by atoms with Crippen LogP contribution in [0.3, 0.4) is 0 Å². The summed E-state index contributed by atoms with van der Waals surface area (Å²) in [6.07, 6.45) is 8.45. The van der Waals surface area contributed by atoms with Crippen LogP contribution < -0.4 is 0 Å². The van der Waals surface area contributed by atoms with E-state index in [0.717, 1.165) is 23.0 Å². The van der Waals surface area contributed by atoms with Gasteiger partial charge >= 0.3 is 0 Å². The van der Waals surface area contributed by atoms with Gasteiger partial charge in [0.05, 0.1) is 0 Å². The summed E-state index contributed by atoms with van der Waals surface area (Å²) in [7, 11) is 0. The summed E-state index contributed by atoms with van der Waals surface area (Å²) in [5.41, 5.74) is 3.66. The number of aromatic hydroxyl groups is 1. The predicted octanol–water partition coefficient (Wildman–Crippen LogP) is 6.67. The molecule has 1 aromatic rings. The fraction of sp³-hybridized carbons (Fsp3) is 0.739. The molecule has 1 nitrogen and oxygen atoms in total. The number of hydrogen-bond acceptors (Lipinski definition) is 1. The minimum Gasteiger partial charge on any atom is -0.507 e. The van der Waals surface area contributed by atoms with Crippen LogP contribution in [0.4, 0.5) is 0 Å². The van der Waals surface area contributed by atoms with Crippen molar-refractivity contribution in [2.24, 2.45) is 11.8 Å². The molecular formula is C23H36O. The van der Waals surface area contributed by atoms with Gasteiger partial charge in [-0.15, -0.1) is 0 Å². The number of phenolic OH excluding ortho intramolecular Hbond substituents is 1. The molecule has 2 aliphatic rings. The predicted molar refractivity (Wildman–Crippen MR) is 103 cm³/mol. The first-order chi connectivity index (χ1) is 11.1. The molecule has 134 valence electrons. The standard InChI is InChI=1S/C23H36O/c1-22(2,3)19-13-18(14-20(21(19)24)23(4,5)6)17-11-9-16(10-12-17)15-7-8-15/h13-17,24H,7-12H2,1-6H3. The van der Waals surface area contributed by atoms with Crippen LogP contribution in [0.2, 0.25) is 0 Å². The maximum atomic E-state index is 10.9. The number of benzene rings is 1. The van der Waals surface area contributed by atoms with Crippen molar-refractivity contribution in [3.05, 3.63) is 28.8 Å². The van der Waals surface area contributed by atoms with Gasteiger partial charge in [0, 0.05) is 0 Å². The molecule has 2 fully saturated rings. The Kier molecular flexibility index (Phi) is 4.51. The van der Waals surface area contributed by atoms with Crippen LogP contribution in [0.25, 0.3) is 0 Å². The van der Waals surface area contributed by atoms with E-state index in [2.05, 4.69) is 53.7 Å². The van der Waals surface area contributed by atoms with Crippen LogP contribution in [0.15, 0.2) is 12.1 Å². The summed E-state index contributed by atoms with van der Waals surface area (Å²) >= 11 is 0. The van der Waals surface area contributed by atoms with Crippen molar-refractivity contribution in [3.8, 4) is 5.75 Å². The Labute approximate surface area is 148 Å². The van der Waals surface area contributed by atoms with E-state index < -0.39 is 0 Å². The second kappa shape index (κ2) is 6.07. The average molecular weight is 329 g/mol. The van der Waals surface area contributed by atoms with E-state index in [-0.39, 0.29) is 10.8 Å². The van der Waals surface area contributed by atoms with Crippen LogP contribution >= 0.6 is 0 Å². The van der Waals surface area contributed by atoms with Gasteiger partial charge < -0.3 is 5.11 Å². The summed E-state index contributed by atoms with van der Waals surface area (Å²) in [6.45, 7) is 13.3. The highest BCUT2D eigenvalue weighted by Crippen LogP contribution is 2.48. The largest absolute Gasteiger partial charge is 0.507 e. The maximum Gasteiger partial charge on any atom is 0.123 e. The Hall–Kier alpha value is -0.980. The lowest BCUT2D eigenvalue weighted by molar-refractivity contribution is 0.295. The van der Waals surface area contributed by atoms with Gasteiger partial charge in [0.25, 0.3) is 0 Å². The van der Waals surface area contributed by atoms with Gasteiger partial charge in [0.2, 0.25) is 0 Å². The van der Waals surface area contributed by atoms with E-state index in [9.17, 15) is 5.11 Å². The first-order valence-corrected chi connectivity index (χ1v) is 9.95. The minimum atomic E-state index is -0.0225. The van der Waals surface area contributed by atoms with Crippen molar-refractivity contribution in [2.45, 2.75) is 96.8 Å². The highest BCUT2D eigenvalue weighted by molar-refractivity contribution is 5.50. The van der Waals surface area contributed by atoms with Gasteiger partial charge in [-0.3, -0.25) is 0 Å². The molecule has 2 aliphatic carbocycles. The van der Waals surface area contributed by atoms with Crippen molar-refractivity contribution >= 4 is 0 Å². The molecular weight excluding hydrogens is 292 g/mol. The van der Waals surface area contributed by atoms with Crippen molar-refractivity contribution < 1.29 is 5.11 Å². The lowest BCUT2D eigenvalue weighted by Crippen LogP contribution is -2.20. The minimum absolute atomic E-state index is 0.0225. The molecule has 0 aromatic heterocycles. The zero-order chi connectivity index (χ0) is 17.7. The third-order valence-corrected chi connectivity index (χ3v) is 6.28. The fourth-order valence-corrected chi connectivity index (χ4v) is 4.53. The van der Waals surface area contributed by atoms with Crippen molar-refractivity contribution in [3.63, 3.8) is 0 Å².